The molecule has 1 fully saturated rings. The van der Waals surface area contributed by atoms with Crippen LogP contribution in [0.2, 0.25) is 0 Å². The van der Waals surface area contributed by atoms with Gasteiger partial charge in [-0.25, -0.2) is 13.9 Å². The van der Waals surface area contributed by atoms with Crippen molar-refractivity contribution in [2.24, 2.45) is 0 Å². The number of hydrogen-bond acceptors (Lipinski definition) is 7. The second kappa shape index (κ2) is 8.94. The predicted octanol–water partition coefficient (Wildman–Crippen LogP) is -0.950. The van der Waals surface area contributed by atoms with E-state index in [-0.39, 0.29) is 4.90 Å². The van der Waals surface area contributed by atoms with E-state index in [9.17, 15) is 18.0 Å². The second-order valence-electron chi connectivity index (χ2n) is 5.48. The third-order valence-electron chi connectivity index (χ3n) is 3.82. The number of ether oxygens (including phenoxy) is 2. The van der Waals surface area contributed by atoms with Crippen LogP contribution in [0.5, 0.6) is 5.75 Å². The molecule has 0 aliphatic carbocycles. The topological polar surface area (TPSA) is 125 Å². The van der Waals surface area contributed by atoms with Crippen molar-refractivity contribution in [2.75, 3.05) is 46.5 Å². The van der Waals surface area contributed by atoms with E-state index in [4.69, 9.17) is 14.7 Å². The van der Waals surface area contributed by atoms with Gasteiger partial charge in [0.15, 0.2) is 0 Å². The zero-order valence-electron chi connectivity index (χ0n) is 14.3. The van der Waals surface area contributed by atoms with E-state index in [0.717, 1.165) is 4.31 Å². The van der Waals surface area contributed by atoms with Gasteiger partial charge in [0.05, 0.1) is 38.3 Å². The number of nitrogens with one attached hydrogen (secondary N) is 1. The van der Waals surface area contributed by atoms with Gasteiger partial charge in [-0.1, -0.05) is 0 Å². The number of methoxy groups -OCH3 is 1. The number of hydroxylamine groups is 1. The van der Waals surface area contributed by atoms with Gasteiger partial charge in [0.2, 0.25) is 15.9 Å². The Morgan fingerprint density at radius 1 is 1.23 bits per heavy atom. The third kappa shape index (κ3) is 4.91. The maximum absolute atomic E-state index is 12.8. The average Bonchev–Trinajstić information content (AvgIpc) is 2.67. The molecule has 0 unspecified atom stereocenters. The molecule has 1 aliphatic heterocycles. The summed E-state index contributed by atoms with van der Waals surface area (Å²) < 4.78 is 36.5. The van der Waals surface area contributed by atoms with Crippen LogP contribution in [-0.2, 0) is 24.3 Å². The van der Waals surface area contributed by atoms with Gasteiger partial charge in [-0.15, -0.1) is 0 Å². The molecule has 2 N–H and O–H groups in total. The van der Waals surface area contributed by atoms with Gasteiger partial charge in [0.1, 0.15) is 5.75 Å². The fourth-order valence-electron chi connectivity index (χ4n) is 2.38. The Kier molecular flexibility index (Phi) is 6.91. The van der Waals surface area contributed by atoms with Crippen LogP contribution >= 0.6 is 0 Å². The molecule has 144 valence electrons. The zero-order valence-corrected chi connectivity index (χ0v) is 15.1. The normalized spacial score (nSPS) is 15.0. The van der Waals surface area contributed by atoms with Crippen LogP contribution < -0.4 is 10.2 Å². The zero-order chi connectivity index (χ0) is 19.2. The van der Waals surface area contributed by atoms with E-state index in [0.29, 0.717) is 32.1 Å². The molecule has 0 saturated carbocycles. The molecule has 1 aliphatic rings. The summed E-state index contributed by atoms with van der Waals surface area (Å²) in [7, 11) is -2.69. The SMILES string of the molecule is COc1ccc(S(=O)(=O)N(CC(=O)NO)CC(=O)N2CCOCC2)cc1. The monoisotopic (exact) mass is 387 g/mol. The van der Waals surface area contributed by atoms with E-state index < -0.39 is 34.9 Å². The minimum atomic E-state index is -4.14. The molecule has 0 atom stereocenters. The number of carbonyl (C=O) groups excluding carboxylic acids is 2. The first kappa shape index (κ1) is 20.1. The average molecular weight is 387 g/mol. The molecule has 2 rings (SSSR count). The summed E-state index contributed by atoms with van der Waals surface area (Å²) in [6, 6.07) is 5.55. The van der Waals surface area contributed by atoms with E-state index >= 15 is 0 Å². The number of nitrogens with zero attached hydrogens (tertiary/aromatic N) is 2. The highest BCUT2D eigenvalue weighted by molar-refractivity contribution is 7.89. The van der Waals surface area contributed by atoms with Gasteiger partial charge in [-0.3, -0.25) is 14.8 Å². The molecule has 2 amide bonds. The quantitative estimate of drug-likeness (QED) is 0.456. The first-order valence-corrected chi connectivity index (χ1v) is 9.25. The van der Waals surface area contributed by atoms with Gasteiger partial charge in [-0.2, -0.15) is 4.31 Å². The smallest absolute Gasteiger partial charge is 0.258 e. The van der Waals surface area contributed by atoms with Crippen LogP contribution in [0.1, 0.15) is 0 Å². The van der Waals surface area contributed by atoms with Crippen molar-refractivity contribution < 1.29 is 32.7 Å². The Balaban J connectivity index is 2.23. The Bertz CT molecular complexity index is 730. The Labute approximate surface area is 151 Å². The summed E-state index contributed by atoms with van der Waals surface area (Å²) >= 11 is 0. The fourth-order valence-corrected chi connectivity index (χ4v) is 3.73. The minimum Gasteiger partial charge on any atom is -0.497 e. The van der Waals surface area contributed by atoms with Gasteiger partial charge in [-0.05, 0) is 24.3 Å². The molecule has 1 heterocycles. The molecular weight excluding hydrogens is 366 g/mol. The first-order valence-electron chi connectivity index (χ1n) is 7.81. The van der Waals surface area contributed by atoms with Crippen molar-refractivity contribution >= 4 is 21.8 Å². The standard InChI is InChI=1S/C15H21N3O7S/c1-24-12-2-4-13(5-3-12)26(22,23)18(10-14(19)16-21)11-15(20)17-6-8-25-9-7-17/h2-5,21H,6-11H2,1H3,(H,16,19). The highest BCUT2D eigenvalue weighted by Gasteiger charge is 2.30. The number of rotatable bonds is 7. The number of hydrogen-bond donors (Lipinski definition) is 2. The van der Waals surface area contributed by atoms with Gasteiger partial charge >= 0.3 is 0 Å². The number of morpholine rings is 1. The lowest BCUT2D eigenvalue weighted by Crippen LogP contribution is -2.49. The van der Waals surface area contributed by atoms with Crippen molar-refractivity contribution in [1.29, 1.82) is 0 Å². The number of sulfonamides is 1. The van der Waals surface area contributed by atoms with Crippen LogP contribution in [0.15, 0.2) is 29.2 Å². The highest BCUT2D eigenvalue weighted by atomic mass is 32.2. The first-order chi connectivity index (χ1) is 12.4. The van der Waals surface area contributed by atoms with Gasteiger partial charge in [0, 0.05) is 13.1 Å². The molecule has 1 aromatic carbocycles. The fraction of sp³-hybridized carbons (Fsp3) is 0.467. The molecule has 0 spiro atoms. The predicted molar refractivity (Wildman–Crippen MR) is 89.1 cm³/mol. The maximum atomic E-state index is 12.8. The molecule has 0 aromatic heterocycles. The van der Waals surface area contributed by atoms with Crippen LogP contribution in [0.3, 0.4) is 0 Å². The third-order valence-corrected chi connectivity index (χ3v) is 5.62. The Morgan fingerprint density at radius 3 is 2.38 bits per heavy atom. The number of amides is 2. The van der Waals surface area contributed by atoms with Crippen molar-refractivity contribution in [2.45, 2.75) is 4.90 Å². The van der Waals surface area contributed by atoms with Crippen LogP contribution in [0, 0.1) is 0 Å². The van der Waals surface area contributed by atoms with Crippen LogP contribution in [0.25, 0.3) is 0 Å². The van der Waals surface area contributed by atoms with Crippen molar-refractivity contribution in [3.63, 3.8) is 0 Å². The lowest BCUT2D eigenvalue weighted by molar-refractivity contribution is -0.136. The van der Waals surface area contributed by atoms with Crippen molar-refractivity contribution in [3.8, 4) is 5.75 Å². The summed E-state index contributed by atoms with van der Waals surface area (Å²) in [6.45, 7) is 0.216. The van der Waals surface area contributed by atoms with Gasteiger partial charge in [0.25, 0.3) is 5.91 Å². The van der Waals surface area contributed by atoms with Crippen molar-refractivity contribution in [1.82, 2.24) is 14.7 Å². The summed E-state index contributed by atoms with van der Waals surface area (Å²) in [5, 5.41) is 8.72. The lowest BCUT2D eigenvalue weighted by atomic mass is 10.3. The minimum absolute atomic E-state index is 0.0983. The summed E-state index contributed by atoms with van der Waals surface area (Å²) in [5.74, 6) is -0.930. The highest BCUT2D eigenvalue weighted by Crippen LogP contribution is 2.19. The van der Waals surface area contributed by atoms with E-state index in [1.54, 1.807) is 0 Å². The summed E-state index contributed by atoms with van der Waals surface area (Å²) in [6.07, 6.45) is 0. The molecule has 1 aromatic rings. The van der Waals surface area contributed by atoms with E-state index in [1.807, 2.05) is 0 Å². The Hall–Kier alpha value is -2.21. The second-order valence-corrected chi connectivity index (χ2v) is 7.41. The Morgan fingerprint density at radius 2 is 1.85 bits per heavy atom. The maximum Gasteiger partial charge on any atom is 0.258 e. The van der Waals surface area contributed by atoms with Gasteiger partial charge < -0.3 is 14.4 Å². The lowest BCUT2D eigenvalue weighted by Gasteiger charge is -2.29. The number of carbonyl (C=O) groups is 2. The molecule has 10 nitrogen and oxygen atoms in total. The summed E-state index contributed by atoms with van der Waals surface area (Å²) in [5.41, 5.74) is 1.38. The summed E-state index contributed by atoms with van der Waals surface area (Å²) in [4.78, 5) is 25.3. The molecule has 11 heteroatoms. The van der Waals surface area contributed by atoms with Crippen LogP contribution in [-0.4, -0.2) is 81.1 Å². The molecule has 0 bridgehead atoms. The molecular formula is C15H21N3O7S. The molecule has 26 heavy (non-hydrogen) atoms. The molecule has 1 saturated heterocycles. The van der Waals surface area contributed by atoms with Crippen molar-refractivity contribution in [3.05, 3.63) is 24.3 Å². The van der Waals surface area contributed by atoms with E-state index in [1.165, 1.54) is 41.8 Å². The number of benzene rings is 1. The molecule has 0 radical (unpaired) electrons. The van der Waals surface area contributed by atoms with Crippen LogP contribution in [0.4, 0.5) is 0 Å². The van der Waals surface area contributed by atoms with E-state index in [2.05, 4.69) is 0 Å². The largest absolute Gasteiger partial charge is 0.497 e.